The molecule has 1 aromatic carbocycles. The third kappa shape index (κ3) is 3.38. The van der Waals surface area contributed by atoms with Gasteiger partial charge in [0.1, 0.15) is 5.75 Å². The Morgan fingerprint density at radius 1 is 1.00 bits per heavy atom. The van der Waals surface area contributed by atoms with E-state index < -0.39 is 0 Å². The number of benzene rings is 1. The molecule has 5 nitrogen and oxygen atoms in total. The van der Waals surface area contributed by atoms with Crippen LogP contribution in [0.15, 0.2) is 24.3 Å². The summed E-state index contributed by atoms with van der Waals surface area (Å²) < 4.78 is 0. The minimum atomic E-state index is -0.0602. The van der Waals surface area contributed by atoms with Gasteiger partial charge in [-0.3, -0.25) is 9.69 Å². The van der Waals surface area contributed by atoms with Crippen LogP contribution >= 0.6 is 0 Å². The molecule has 6 rings (SSSR count). The zero-order valence-corrected chi connectivity index (χ0v) is 16.9. The smallest absolute Gasteiger partial charge is 0.237 e. The van der Waals surface area contributed by atoms with Crippen molar-refractivity contribution < 1.29 is 9.90 Å². The second kappa shape index (κ2) is 6.94. The van der Waals surface area contributed by atoms with Crippen molar-refractivity contribution in [2.24, 2.45) is 17.8 Å². The minimum Gasteiger partial charge on any atom is -0.508 e. The average Bonchev–Trinajstić information content (AvgIpc) is 2.67. The van der Waals surface area contributed by atoms with Gasteiger partial charge in [0.25, 0.3) is 0 Å². The highest BCUT2D eigenvalue weighted by Gasteiger charge is 2.51. The molecule has 28 heavy (non-hydrogen) atoms. The van der Waals surface area contributed by atoms with Gasteiger partial charge in [-0.1, -0.05) is 0 Å². The van der Waals surface area contributed by atoms with Gasteiger partial charge in [0.05, 0.1) is 6.04 Å². The van der Waals surface area contributed by atoms with Gasteiger partial charge >= 0.3 is 0 Å². The number of hydrogen-bond acceptors (Lipinski definition) is 4. The molecule has 1 atom stereocenters. The number of rotatable bonds is 4. The third-order valence-corrected chi connectivity index (χ3v) is 7.88. The molecular formula is C23H33N3O2. The van der Waals surface area contributed by atoms with E-state index in [2.05, 4.69) is 22.0 Å². The number of piperazine rings is 1. The Morgan fingerprint density at radius 3 is 2.07 bits per heavy atom. The van der Waals surface area contributed by atoms with Gasteiger partial charge in [-0.2, -0.15) is 0 Å². The van der Waals surface area contributed by atoms with E-state index in [1.807, 2.05) is 12.1 Å². The SMILES string of the molecule is C[C@@H](C(=O)NC12CC3CC(CC(C3)C1)C2)N1CCN(c2ccc(O)cc2)CC1. The normalized spacial score (nSPS) is 35.8. The standard InChI is InChI=1S/C23H33N3O2/c1-16(25-6-8-26(9-7-25)20-2-4-21(27)5-3-20)22(28)24-23-13-17-10-18(14-23)12-19(11-17)15-23/h2-5,16-19,27H,6-15H2,1H3,(H,24,28)/t16-,17?,18?,19?,23?/m0/s1. The molecule has 4 saturated carbocycles. The molecule has 0 unspecified atom stereocenters. The summed E-state index contributed by atoms with van der Waals surface area (Å²) in [5, 5.41) is 13.0. The van der Waals surface area contributed by atoms with Crippen molar-refractivity contribution >= 4 is 11.6 Å². The van der Waals surface area contributed by atoms with Crippen LogP contribution in [0.25, 0.3) is 0 Å². The second-order valence-corrected chi connectivity index (χ2v) is 9.90. The molecule has 5 aliphatic rings. The first-order valence-corrected chi connectivity index (χ1v) is 11.1. The van der Waals surface area contributed by atoms with Crippen LogP contribution in [-0.4, -0.2) is 53.7 Å². The third-order valence-electron chi connectivity index (χ3n) is 7.88. The van der Waals surface area contributed by atoms with Gasteiger partial charge < -0.3 is 15.3 Å². The fourth-order valence-electron chi connectivity index (χ4n) is 6.83. The molecule has 0 spiro atoms. The van der Waals surface area contributed by atoms with E-state index in [1.165, 1.54) is 38.5 Å². The van der Waals surface area contributed by atoms with Crippen molar-refractivity contribution in [2.45, 2.75) is 57.0 Å². The molecule has 5 heteroatoms. The highest BCUT2D eigenvalue weighted by Crippen LogP contribution is 2.55. The summed E-state index contributed by atoms with van der Waals surface area (Å²) in [7, 11) is 0. The van der Waals surface area contributed by atoms with E-state index in [9.17, 15) is 9.90 Å². The number of nitrogens with one attached hydrogen (secondary N) is 1. The van der Waals surface area contributed by atoms with Crippen molar-refractivity contribution in [3.8, 4) is 5.75 Å². The topological polar surface area (TPSA) is 55.8 Å². The number of hydrogen-bond donors (Lipinski definition) is 2. The van der Waals surface area contributed by atoms with Gasteiger partial charge in [0.2, 0.25) is 5.91 Å². The van der Waals surface area contributed by atoms with Crippen LogP contribution in [0.3, 0.4) is 0 Å². The molecule has 1 aromatic rings. The maximum absolute atomic E-state index is 13.1. The van der Waals surface area contributed by atoms with E-state index in [1.54, 1.807) is 12.1 Å². The predicted molar refractivity (Wildman–Crippen MR) is 110 cm³/mol. The van der Waals surface area contributed by atoms with E-state index >= 15 is 0 Å². The Hall–Kier alpha value is -1.75. The lowest BCUT2D eigenvalue weighted by atomic mass is 9.53. The highest BCUT2D eigenvalue weighted by molar-refractivity contribution is 5.82. The lowest BCUT2D eigenvalue weighted by Gasteiger charge is -2.57. The zero-order valence-electron chi connectivity index (χ0n) is 16.9. The molecule has 4 aliphatic carbocycles. The van der Waals surface area contributed by atoms with Crippen molar-refractivity contribution in [1.29, 1.82) is 0 Å². The molecule has 1 amide bonds. The van der Waals surface area contributed by atoms with Crippen LogP contribution in [0, 0.1) is 17.8 Å². The zero-order chi connectivity index (χ0) is 19.3. The monoisotopic (exact) mass is 383 g/mol. The van der Waals surface area contributed by atoms with Crippen LogP contribution in [0.4, 0.5) is 5.69 Å². The number of carbonyl (C=O) groups excluding carboxylic acids is 1. The molecule has 5 fully saturated rings. The van der Waals surface area contributed by atoms with Crippen LogP contribution in [0.5, 0.6) is 5.75 Å². The fourth-order valence-corrected chi connectivity index (χ4v) is 6.83. The predicted octanol–water partition coefficient (Wildman–Crippen LogP) is 2.99. The molecule has 0 radical (unpaired) electrons. The van der Waals surface area contributed by atoms with Gasteiger partial charge in [-0.05, 0) is 87.5 Å². The Balaban J connectivity index is 1.17. The molecule has 1 heterocycles. The average molecular weight is 384 g/mol. The minimum absolute atomic E-state index is 0.0602. The lowest BCUT2D eigenvalue weighted by molar-refractivity contribution is -0.131. The molecule has 1 saturated heterocycles. The van der Waals surface area contributed by atoms with Gasteiger partial charge in [0, 0.05) is 37.4 Å². The van der Waals surface area contributed by atoms with Crippen LogP contribution in [-0.2, 0) is 4.79 Å². The molecule has 152 valence electrons. The van der Waals surface area contributed by atoms with E-state index in [-0.39, 0.29) is 17.5 Å². The summed E-state index contributed by atoms with van der Waals surface area (Å²) in [6.07, 6.45) is 7.86. The first-order valence-electron chi connectivity index (χ1n) is 11.1. The summed E-state index contributed by atoms with van der Waals surface area (Å²) in [5.41, 5.74) is 1.25. The fraction of sp³-hybridized carbons (Fsp3) is 0.696. The van der Waals surface area contributed by atoms with Crippen molar-refractivity contribution in [3.05, 3.63) is 24.3 Å². The van der Waals surface area contributed by atoms with Crippen molar-refractivity contribution in [3.63, 3.8) is 0 Å². The first-order chi connectivity index (χ1) is 13.5. The Kier molecular flexibility index (Phi) is 4.53. The lowest BCUT2D eigenvalue weighted by Crippen LogP contribution is -2.63. The molecule has 4 bridgehead atoms. The molecular weight excluding hydrogens is 350 g/mol. The Bertz CT molecular complexity index is 689. The number of phenolic OH excluding ortho intramolecular Hbond substituents is 1. The van der Waals surface area contributed by atoms with Crippen LogP contribution in [0.1, 0.15) is 45.4 Å². The molecule has 2 N–H and O–H groups in total. The summed E-state index contributed by atoms with van der Waals surface area (Å²) in [6, 6.07) is 7.35. The van der Waals surface area contributed by atoms with E-state index in [0.717, 1.165) is 49.6 Å². The molecule has 0 aromatic heterocycles. The number of phenols is 1. The van der Waals surface area contributed by atoms with E-state index in [4.69, 9.17) is 0 Å². The van der Waals surface area contributed by atoms with Crippen molar-refractivity contribution in [1.82, 2.24) is 10.2 Å². The summed E-state index contributed by atoms with van der Waals surface area (Å²) in [5.74, 6) is 3.11. The van der Waals surface area contributed by atoms with Gasteiger partial charge in [0.15, 0.2) is 0 Å². The van der Waals surface area contributed by atoms with Crippen LogP contribution in [0.2, 0.25) is 0 Å². The summed E-state index contributed by atoms with van der Waals surface area (Å²) in [4.78, 5) is 17.8. The maximum Gasteiger partial charge on any atom is 0.237 e. The number of anilines is 1. The quantitative estimate of drug-likeness (QED) is 0.839. The Labute approximate surface area is 168 Å². The number of amides is 1. The highest BCUT2D eigenvalue weighted by atomic mass is 16.3. The summed E-state index contributed by atoms with van der Waals surface area (Å²) in [6.45, 7) is 5.71. The largest absolute Gasteiger partial charge is 0.508 e. The number of nitrogens with zero attached hydrogens (tertiary/aromatic N) is 2. The Morgan fingerprint density at radius 2 is 1.54 bits per heavy atom. The van der Waals surface area contributed by atoms with Crippen LogP contribution < -0.4 is 10.2 Å². The first kappa shape index (κ1) is 18.3. The van der Waals surface area contributed by atoms with E-state index in [0.29, 0.717) is 5.75 Å². The maximum atomic E-state index is 13.1. The van der Waals surface area contributed by atoms with Crippen molar-refractivity contribution in [2.75, 3.05) is 31.1 Å². The van der Waals surface area contributed by atoms with Gasteiger partial charge in [-0.25, -0.2) is 0 Å². The molecule has 1 aliphatic heterocycles. The number of aromatic hydroxyl groups is 1. The summed E-state index contributed by atoms with van der Waals surface area (Å²) >= 11 is 0. The number of carbonyl (C=O) groups is 1. The second-order valence-electron chi connectivity index (χ2n) is 9.90. The van der Waals surface area contributed by atoms with Gasteiger partial charge in [-0.15, -0.1) is 0 Å².